The van der Waals surface area contributed by atoms with E-state index in [1.165, 1.54) is 12.1 Å². The number of nitrogens with one attached hydrogen (secondary N) is 1. The second kappa shape index (κ2) is 7.78. The van der Waals surface area contributed by atoms with Gasteiger partial charge in [-0.1, -0.05) is 60.7 Å². The number of non-ortho nitro benzene ring substituents is 1. The molecule has 1 amide bonds. The van der Waals surface area contributed by atoms with Crippen LogP contribution < -0.4 is 5.32 Å². The van der Waals surface area contributed by atoms with E-state index in [4.69, 9.17) is 0 Å². The standard InChI is InChI=1S/C26H21N3O4S/c30-24(17-6-2-1-3-7-17)23-22(16-10-12-18(13-11-16)29(32)33)21-14-34-15-28(21)26(23)19-8-4-5-9-20(19)27-25(26)31/h1-13,21-23H,14-15H2,(H,27,31)/t21-,22-,23+,26-/m1/s1. The summed E-state index contributed by atoms with van der Waals surface area (Å²) in [6.45, 7) is 0. The molecule has 3 aromatic carbocycles. The number of carbonyl (C=O) groups is 2. The number of benzene rings is 3. The molecule has 0 saturated carbocycles. The van der Waals surface area contributed by atoms with Crippen molar-refractivity contribution in [2.45, 2.75) is 17.5 Å². The molecule has 8 heteroatoms. The van der Waals surface area contributed by atoms with Gasteiger partial charge in [0.25, 0.3) is 5.69 Å². The molecule has 0 bridgehead atoms. The Labute approximate surface area is 200 Å². The third kappa shape index (κ3) is 2.82. The van der Waals surface area contributed by atoms with Gasteiger partial charge in [-0.25, -0.2) is 0 Å². The first-order valence-electron chi connectivity index (χ1n) is 11.1. The van der Waals surface area contributed by atoms with Crippen molar-refractivity contribution in [1.82, 2.24) is 4.90 Å². The Morgan fingerprint density at radius 3 is 2.47 bits per heavy atom. The summed E-state index contributed by atoms with van der Waals surface area (Å²) < 4.78 is 0. The maximum absolute atomic E-state index is 14.2. The quantitative estimate of drug-likeness (QED) is 0.344. The van der Waals surface area contributed by atoms with Crippen molar-refractivity contribution in [1.29, 1.82) is 0 Å². The number of rotatable bonds is 4. The lowest BCUT2D eigenvalue weighted by Gasteiger charge is -2.36. The van der Waals surface area contributed by atoms with Gasteiger partial charge in [-0.05, 0) is 11.6 Å². The van der Waals surface area contributed by atoms with Crippen molar-refractivity contribution in [2.75, 3.05) is 16.9 Å². The molecule has 1 N–H and O–H groups in total. The molecule has 1 spiro atoms. The number of nitro benzene ring substituents is 1. The number of anilines is 1. The van der Waals surface area contributed by atoms with Gasteiger partial charge in [0.1, 0.15) is 5.54 Å². The van der Waals surface area contributed by atoms with E-state index < -0.39 is 16.4 Å². The molecule has 3 aromatic rings. The fourth-order valence-corrected chi connectivity index (χ4v) is 7.33. The minimum absolute atomic E-state index is 0.00371. The van der Waals surface area contributed by atoms with Gasteiger partial charge in [0.05, 0.1) is 10.8 Å². The van der Waals surface area contributed by atoms with Crippen molar-refractivity contribution in [3.8, 4) is 0 Å². The molecule has 3 heterocycles. The van der Waals surface area contributed by atoms with Crippen molar-refractivity contribution < 1.29 is 14.5 Å². The number of nitrogens with zero attached hydrogens (tertiary/aromatic N) is 2. The average molecular weight is 472 g/mol. The lowest BCUT2D eigenvalue weighted by Crippen LogP contribution is -2.52. The number of amides is 1. The Balaban J connectivity index is 1.59. The van der Waals surface area contributed by atoms with Crippen LogP contribution >= 0.6 is 11.8 Å². The number of thioether (sulfide) groups is 1. The van der Waals surface area contributed by atoms with Crippen LogP contribution in [0.5, 0.6) is 0 Å². The van der Waals surface area contributed by atoms with Crippen LogP contribution in [0.15, 0.2) is 78.9 Å². The van der Waals surface area contributed by atoms with Crippen LogP contribution in [0.4, 0.5) is 11.4 Å². The summed E-state index contributed by atoms with van der Waals surface area (Å²) in [5, 5.41) is 14.3. The van der Waals surface area contributed by atoms with Crippen LogP contribution in [0.3, 0.4) is 0 Å². The Kier molecular flexibility index (Phi) is 4.82. The summed E-state index contributed by atoms with van der Waals surface area (Å²) >= 11 is 1.75. The maximum Gasteiger partial charge on any atom is 0.269 e. The Morgan fingerprint density at radius 2 is 1.74 bits per heavy atom. The van der Waals surface area contributed by atoms with E-state index in [1.54, 1.807) is 36.0 Å². The molecule has 4 atom stereocenters. The summed E-state index contributed by atoms with van der Waals surface area (Å²) in [5.74, 6) is 0.174. The highest BCUT2D eigenvalue weighted by Crippen LogP contribution is 2.61. The SMILES string of the molecule is O=C(c1ccccc1)[C@@H]1[C@H](c2ccc([N+](=O)[O-])cc2)[C@H]2CSCN2[C@@]12C(=O)Nc1ccccc12. The monoisotopic (exact) mass is 471 g/mol. The van der Waals surface area contributed by atoms with Crippen molar-refractivity contribution >= 4 is 34.8 Å². The molecule has 2 fully saturated rings. The van der Waals surface area contributed by atoms with Crippen LogP contribution in [-0.2, 0) is 10.3 Å². The number of hydrogen-bond donors (Lipinski definition) is 1. The predicted octanol–water partition coefficient (Wildman–Crippen LogP) is 4.41. The largest absolute Gasteiger partial charge is 0.324 e. The number of nitro groups is 1. The Hall–Kier alpha value is -3.49. The normalized spacial score (nSPS) is 27.4. The molecule has 7 nitrogen and oxygen atoms in total. The van der Waals surface area contributed by atoms with E-state index in [-0.39, 0.29) is 29.3 Å². The maximum atomic E-state index is 14.2. The van der Waals surface area contributed by atoms with E-state index in [0.29, 0.717) is 11.4 Å². The number of para-hydroxylation sites is 1. The van der Waals surface area contributed by atoms with Gasteiger partial charge >= 0.3 is 0 Å². The van der Waals surface area contributed by atoms with E-state index in [0.717, 1.165) is 22.6 Å². The lowest BCUT2D eigenvalue weighted by molar-refractivity contribution is -0.384. The molecular formula is C26H21N3O4S. The summed E-state index contributed by atoms with van der Waals surface area (Å²) in [6, 6.07) is 23.1. The number of hydrogen-bond acceptors (Lipinski definition) is 6. The van der Waals surface area contributed by atoms with E-state index in [2.05, 4.69) is 10.2 Å². The number of Topliss-reactive ketones (excluding diaryl/α,β-unsaturated/α-hetero) is 1. The third-order valence-corrected chi connectivity index (χ3v) is 8.40. The average Bonchev–Trinajstić information content (AvgIpc) is 3.52. The van der Waals surface area contributed by atoms with Gasteiger partial charge in [0.2, 0.25) is 5.91 Å². The zero-order chi connectivity index (χ0) is 23.4. The van der Waals surface area contributed by atoms with Gasteiger partial charge in [0.15, 0.2) is 5.78 Å². The van der Waals surface area contributed by atoms with Gasteiger partial charge in [0, 0.05) is 52.5 Å². The van der Waals surface area contributed by atoms with Crippen molar-refractivity contribution in [3.05, 3.63) is 106 Å². The van der Waals surface area contributed by atoms with Crippen LogP contribution in [0, 0.1) is 16.0 Å². The molecule has 6 rings (SSSR count). The first kappa shape index (κ1) is 21.1. The smallest absolute Gasteiger partial charge is 0.269 e. The highest BCUT2D eigenvalue weighted by molar-refractivity contribution is 7.99. The molecule has 170 valence electrons. The summed E-state index contributed by atoms with van der Waals surface area (Å²) in [4.78, 5) is 41.1. The predicted molar refractivity (Wildman–Crippen MR) is 130 cm³/mol. The summed E-state index contributed by atoms with van der Waals surface area (Å²) in [7, 11) is 0. The van der Waals surface area contributed by atoms with E-state index in [1.807, 2.05) is 42.5 Å². The second-order valence-electron chi connectivity index (χ2n) is 8.89. The number of fused-ring (bicyclic) bond motifs is 4. The van der Waals surface area contributed by atoms with E-state index >= 15 is 0 Å². The number of ketones is 1. The lowest BCUT2D eigenvalue weighted by atomic mass is 9.69. The molecule has 0 aromatic heterocycles. The Bertz CT molecular complexity index is 1310. The molecule has 0 radical (unpaired) electrons. The van der Waals surface area contributed by atoms with Crippen LogP contribution in [0.25, 0.3) is 0 Å². The summed E-state index contributed by atoms with van der Waals surface area (Å²) in [5.41, 5.74) is 1.83. The molecule has 34 heavy (non-hydrogen) atoms. The van der Waals surface area contributed by atoms with Crippen LogP contribution in [0.1, 0.15) is 27.4 Å². The van der Waals surface area contributed by atoms with E-state index in [9.17, 15) is 19.7 Å². The first-order valence-corrected chi connectivity index (χ1v) is 12.3. The topological polar surface area (TPSA) is 92.5 Å². The van der Waals surface area contributed by atoms with Crippen LogP contribution in [0.2, 0.25) is 0 Å². The molecule has 0 aliphatic carbocycles. The summed E-state index contributed by atoms with van der Waals surface area (Å²) in [6.07, 6.45) is 0. The van der Waals surface area contributed by atoms with Crippen molar-refractivity contribution in [2.24, 2.45) is 5.92 Å². The molecule has 3 aliphatic rings. The van der Waals surface area contributed by atoms with Gasteiger partial charge in [-0.15, -0.1) is 11.8 Å². The van der Waals surface area contributed by atoms with Gasteiger partial charge < -0.3 is 5.32 Å². The zero-order valence-corrected chi connectivity index (χ0v) is 18.9. The Morgan fingerprint density at radius 1 is 1.03 bits per heavy atom. The zero-order valence-electron chi connectivity index (χ0n) is 18.1. The van der Waals surface area contributed by atoms with Gasteiger partial charge in [-0.3, -0.25) is 24.6 Å². The third-order valence-electron chi connectivity index (χ3n) is 7.36. The molecule has 3 aliphatic heterocycles. The van der Waals surface area contributed by atoms with Crippen LogP contribution in [-0.4, -0.2) is 39.2 Å². The fraction of sp³-hybridized carbons (Fsp3) is 0.231. The number of carbonyl (C=O) groups excluding carboxylic acids is 2. The minimum Gasteiger partial charge on any atom is -0.324 e. The highest BCUT2D eigenvalue weighted by Gasteiger charge is 2.69. The molecule has 0 unspecified atom stereocenters. The fourth-order valence-electron chi connectivity index (χ4n) is 6.01. The second-order valence-corrected chi connectivity index (χ2v) is 9.89. The highest BCUT2D eigenvalue weighted by atomic mass is 32.2. The first-order chi connectivity index (χ1) is 16.5. The minimum atomic E-state index is -1.13. The van der Waals surface area contributed by atoms with Crippen molar-refractivity contribution in [3.63, 3.8) is 0 Å². The van der Waals surface area contributed by atoms with Gasteiger partial charge in [-0.2, -0.15) is 0 Å². The molecular weight excluding hydrogens is 450 g/mol. The molecule has 2 saturated heterocycles.